The molecule has 0 aromatic heterocycles. The van der Waals surface area contributed by atoms with E-state index in [0.29, 0.717) is 0 Å². The average molecular weight is 369 g/mol. The van der Waals surface area contributed by atoms with Gasteiger partial charge in [-0.3, -0.25) is 15.4 Å². The number of nitrogens with one attached hydrogen (secondary N) is 2. The topological polar surface area (TPSA) is 50.4 Å². The largest absolute Gasteiger partial charge is 0.430 e. The first kappa shape index (κ1) is 23.4. The van der Waals surface area contributed by atoms with E-state index in [0.717, 1.165) is 25.9 Å². The van der Waals surface area contributed by atoms with Gasteiger partial charge in [-0.05, 0) is 6.42 Å². The Kier molecular flexibility index (Phi) is 13.9. The van der Waals surface area contributed by atoms with Crippen LogP contribution in [0, 0.1) is 0 Å². The van der Waals surface area contributed by atoms with Crippen molar-refractivity contribution in [3.63, 3.8) is 0 Å². The van der Waals surface area contributed by atoms with Crippen LogP contribution in [0.25, 0.3) is 0 Å². The fourth-order valence-corrected chi connectivity index (χ4v) is 3.88. The maximum atomic E-state index is 11.3. The van der Waals surface area contributed by atoms with Crippen LogP contribution in [-0.2, 0) is 9.53 Å². The first-order chi connectivity index (χ1) is 12.7. The number of unbranched alkanes of at least 4 members (excludes halogenated alkanes) is 14. The molecule has 26 heavy (non-hydrogen) atoms. The summed E-state index contributed by atoms with van der Waals surface area (Å²) in [6.07, 6.45) is 21.4. The molecule has 4 heteroatoms. The molecule has 1 aliphatic rings. The summed E-state index contributed by atoms with van der Waals surface area (Å²) in [6.45, 7) is 5.50. The zero-order valence-electron chi connectivity index (χ0n) is 17.5. The van der Waals surface area contributed by atoms with Crippen molar-refractivity contribution >= 4 is 5.97 Å². The molecule has 0 aromatic rings. The number of hydrogen-bond acceptors (Lipinski definition) is 4. The van der Waals surface area contributed by atoms with Gasteiger partial charge in [0.2, 0.25) is 5.85 Å². The Hall–Kier alpha value is -0.610. The second-order valence-corrected chi connectivity index (χ2v) is 7.97. The van der Waals surface area contributed by atoms with Crippen LogP contribution in [0.15, 0.2) is 0 Å². The van der Waals surface area contributed by atoms with E-state index in [-0.39, 0.29) is 5.97 Å². The molecular weight excluding hydrogens is 324 g/mol. The van der Waals surface area contributed by atoms with Gasteiger partial charge in [-0.2, -0.15) is 0 Å². The van der Waals surface area contributed by atoms with Crippen molar-refractivity contribution in [3.05, 3.63) is 0 Å². The summed E-state index contributed by atoms with van der Waals surface area (Å²) in [5, 5.41) is 6.59. The third kappa shape index (κ3) is 11.9. The van der Waals surface area contributed by atoms with Gasteiger partial charge in [0.15, 0.2) is 0 Å². The Morgan fingerprint density at radius 2 is 1.12 bits per heavy atom. The summed E-state index contributed by atoms with van der Waals surface area (Å²) in [5.41, 5.74) is 0. The molecule has 0 amide bonds. The fraction of sp³-hybridized carbons (Fsp3) is 0.955. The second-order valence-electron chi connectivity index (χ2n) is 7.97. The van der Waals surface area contributed by atoms with E-state index in [9.17, 15) is 4.79 Å². The monoisotopic (exact) mass is 368 g/mol. The molecule has 2 N–H and O–H groups in total. The Morgan fingerprint density at radius 1 is 0.731 bits per heavy atom. The zero-order chi connectivity index (χ0) is 18.9. The predicted octanol–water partition coefficient (Wildman–Crippen LogP) is 5.66. The predicted molar refractivity (Wildman–Crippen MR) is 110 cm³/mol. The van der Waals surface area contributed by atoms with Crippen LogP contribution in [0.2, 0.25) is 0 Å². The zero-order valence-corrected chi connectivity index (χ0v) is 17.5. The summed E-state index contributed by atoms with van der Waals surface area (Å²) < 4.78 is 5.46. The Labute approximate surface area is 162 Å². The highest BCUT2D eigenvalue weighted by molar-refractivity contribution is 5.66. The molecule has 154 valence electrons. The summed E-state index contributed by atoms with van der Waals surface area (Å²) in [5.74, 6) is -0.810. The van der Waals surface area contributed by atoms with Crippen molar-refractivity contribution in [2.75, 3.05) is 13.1 Å². The van der Waals surface area contributed by atoms with E-state index in [4.69, 9.17) is 4.74 Å². The number of hydrogen-bond donors (Lipinski definition) is 2. The minimum absolute atomic E-state index is 0.215. The lowest BCUT2D eigenvalue weighted by Crippen LogP contribution is -2.52. The van der Waals surface area contributed by atoms with Gasteiger partial charge < -0.3 is 4.74 Å². The molecule has 0 aliphatic carbocycles. The van der Waals surface area contributed by atoms with E-state index >= 15 is 0 Å². The molecule has 0 saturated carbocycles. The summed E-state index contributed by atoms with van der Waals surface area (Å²) >= 11 is 0. The first-order valence-corrected chi connectivity index (χ1v) is 11.4. The minimum atomic E-state index is -0.595. The molecule has 0 spiro atoms. The molecule has 0 atom stereocenters. The molecule has 4 nitrogen and oxygen atoms in total. The highest BCUT2D eigenvalue weighted by atomic mass is 16.6. The smallest absolute Gasteiger partial charge is 0.305 e. The Balaban J connectivity index is 1.84. The number of rotatable bonds is 17. The normalized spacial score (nSPS) is 16.1. The molecule has 0 aromatic carbocycles. The lowest BCUT2D eigenvalue weighted by molar-refractivity contribution is -0.163. The van der Waals surface area contributed by atoms with E-state index in [2.05, 4.69) is 17.6 Å². The molecular formula is C22H44N2O2. The first-order valence-electron chi connectivity index (χ1n) is 11.4. The minimum Gasteiger partial charge on any atom is -0.430 e. The molecule has 1 rings (SSSR count). The number of esters is 1. The van der Waals surface area contributed by atoms with E-state index in [1.165, 1.54) is 96.8 Å². The van der Waals surface area contributed by atoms with Gasteiger partial charge in [0.05, 0.1) is 0 Å². The van der Waals surface area contributed by atoms with Gasteiger partial charge >= 0.3 is 5.97 Å². The van der Waals surface area contributed by atoms with Gasteiger partial charge in [-0.15, -0.1) is 0 Å². The average Bonchev–Trinajstić information content (AvgIpc) is 3.06. The Bertz CT molecular complexity index is 341. The van der Waals surface area contributed by atoms with Crippen molar-refractivity contribution in [2.24, 2.45) is 0 Å². The van der Waals surface area contributed by atoms with Gasteiger partial charge in [0, 0.05) is 26.4 Å². The molecule has 1 fully saturated rings. The van der Waals surface area contributed by atoms with Crippen molar-refractivity contribution < 1.29 is 9.53 Å². The number of carbonyl (C=O) groups excluding carboxylic acids is 1. The van der Waals surface area contributed by atoms with Crippen LogP contribution in [0.1, 0.15) is 117 Å². The van der Waals surface area contributed by atoms with Crippen molar-refractivity contribution in [1.82, 2.24) is 10.6 Å². The summed E-state index contributed by atoms with van der Waals surface area (Å²) in [6, 6.07) is 0. The van der Waals surface area contributed by atoms with Crippen molar-refractivity contribution in [3.8, 4) is 0 Å². The molecule has 0 bridgehead atoms. The van der Waals surface area contributed by atoms with Crippen LogP contribution >= 0.6 is 0 Å². The highest BCUT2D eigenvalue weighted by Gasteiger charge is 2.35. The highest BCUT2D eigenvalue weighted by Crippen LogP contribution is 2.19. The van der Waals surface area contributed by atoms with Crippen LogP contribution in [0.4, 0.5) is 0 Å². The van der Waals surface area contributed by atoms with Crippen LogP contribution < -0.4 is 10.6 Å². The number of ether oxygens (including phenoxy) is 1. The van der Waals surface area contributed by atoms with Gasteiger partial charge in [-0.25, -0.2) is 0 Å². The van der Waals surface area contributed by atoms with Crippen molar-refractivity contribution in [2.45, 2.75) is 122 Å². The SMILES string of the molecule is CCCCCCCCCCCCCCCCCC1(OC(C)=O)NCCN1. The van der Waals surface area contributed by atoms with E-state index < -0.39 is 5.85 Å². The summed E-state index contributed by atoms with van der Waals surface area (Å²) in [4.78, 5) is 11.3. The van der Waals surface area contributed by atoms with Gasteiger partial charge in [-0.1, -0.05) is 96.8 Å². The quantitative estimate of drug-likeness (QED) is 0.257. The van der Waals surface area contributed by atoms with Gasteiger partial charge in [0.25, 0.3) is 0 Å². The van der Waals surface area contributed by atoms with Gasteiger partial charge in [0.1, 0.15) is 0 Å². The van der Waals surface area contributed by atoms with Crippen molar-refractivity contribution in [1.29, 1.82) is 0 Å². The molecule has 0 unspecified atom stereocenters. The lowest BCUT2D eigenvalue weighted by atomic mass is 10.0. The van der Waals surface area contributed by atoms with E-state index in [1.54, 1.807) is 0 Å². The molecule has 1 heterocycles. The van der Waals surface area contributed by atoms with E-state index in [1.807, 2.05) is 0 Å². The maximum Gasteiger partial charge on any atom is 0.305 e. The fourth-order valence-electron chi connectivity index (χ4n) is 3.88. The summed E-state index contributed by atoms with van der Waals surface area (Å²) in [7, 11) is 0. The number of carbonyl (C=O) groups is 1. The maximum absolute atomic E-state index is 11.3. The van der Waals surface area contributed by atoms with Crippen LogP contribution in [-0.4, -0.2) is 24.9 Å². The third-order valence-corrected chi connectivity index (χ3v) is 5.40. The molecule has 1 saturated heterocycles. The Morgan fingerprint density at radius 3 is 1.50 bits per heavy atom. The third-order valence-electron chi connectivity index (χ3n) is 5.40. The second kappa shape index (κ2) is 15.4. The molecule has 1 aliphatic heterocycles. The van der Waals surface area contributed by atoms with Crippen LogP contribution in [0.3, 0.4) is 0 Å². The lowest BCUT2D eigenvalue weighted by Gasteiger charge is -2.29. The standard InChI is InChI=1S/C22H44N2O2/c1-3-4-5-6-7-8-9-10-11-12-13-14-15-16-17-18-22(26-21(2)25)23-19-20-24-22/h23-24H,3-20H2,1-2H3. The molecule has 0 radical (unpaired) electrons. The van der Waals surface area contributed by atoms with Crippen LogP contribution in [0.5, 0.6) is 0 Å².